The highest BCUT2D eigenvalue weighted by molar-refractivity contribution is 7.89. The third kappa shape index (κ3) is 4.59. The molecular formula is C21H25FN2O3S. The summed E-state index contributed by atoms with van der Waals surface area (Å²) >= 11 is 0. The molecule has 0 spiro atoms. The molecule has 1 amide bonds. The number of amides is 1. The van der Waals surface area contributed by atoms with Crippen LogP contribution < -0.4 is 4.72 Å². The Balaban J connectivity index is 1.57. The maximum absolute atomic E-state index is 13.8. The number of hydrogen-bond acceptors (Lipinski definition) is 3. The average Bonchev–Trinajstić information content (AvgIpc) is 2.68. The first-order chi connectivity index (χ1) is 13.3. The van der Waals surface area contributed by atoms with E-state index >= 15 is 0 Å². The molecule has 5 nitrogen and oxygen atoms in total. The van der Waals surface area contributed by atoms with E-state index < -0.39 is 15.8 Å². The summed E-state index contributed by atoms with van der Waals surface area (Å²) < 4.78 is 41.8. The van der Waals surface area contributed by atoms with E-state index in [1.165, 1.54) is 12.1 Å². The van der Waals surface area contributed by atoms with Gasteiger partial charge in [-0.15, -0.1) is 0 Å². The van der Waals surface area contributed by atoms with Crippen molar-refractivity contribution in [3.63, 3.8) is 0 Å². The fraction of sp³-hybridized carbons (Fsp3) is 0.381. The van der Waals surface area contributed by atoms with Gasteiger partial charge in [-0.2, -0.15) is 0 Å². The number of benzene rings is 2. The second-order valence-corrected chi connectivity index (χ2v) is 9.07. The van der Waals surface area contributed by atoms with E-state index in [1.54, 1.807) is 36.1 Å². The number of halogens is 1. The summed E-state index contributed by atoms with van der Waals surface area (Å²) in [5, 5.41) is 0. The summed E-state index contributed by atoms with van der Waals surface area (Å²) in [5.41, 5.74) is 1.69. The van der Waals surface area contributed by atoms with Crippen LogP contribution in [0.25, 0.3) is 0 Å². The van der Waals surface area contributed by atoms with Crippen molar-refractivity contribution in [2.24, 2.45) is 5.92 Å². The topological polar surface area (TPSA) is 66.5 Å². The van der Waals surface area contributed by atoms with Crippen LogP contribution in [-0.4, -0.2) is 38.9 Å². The van der Waals surface area contributed by atoms with Gasteiger partial charge in [0.25, 0.3) is 5.91 Å². The molecule has 1 aliphatic heterocycles. The highest BCUT2D eigenvalue weighted by atomic mass is 32.2. The van der Waals surface area contributed by atoms with Crippen LogP contribution in [0, 0.1) is 25.6 Å². The van der Waals surface area contributed by atoms with Crippen molar-refractivity contribution in [1.29, 1.82) is 0 Å². The monoisotopic (exact) mass is 404 g/mol. The van der Waals surface area contributed by atoms with Gasteiger partial charge in [-0.1, -0.05) is 24.3 Å². The number of carbonyl (C=O) groups is 1. The maximum Gasteiger partial charge on any atom is 0.256 e. The SMILES string of the molecule is Cc1ccc(C)c(S(=O)(=O)NCC2CCN(C(=O)c3ccccc3F)CC2)c1. The van der Waals surface area contributed by atoms with Gasteiger partial charge >= 0.3 is 0 Å². The smallest absolute Gasteiger partial charge is 0.256 e. The molecule has 0 atom stereocenters. The zero-order valence-electron chi connectivity index (χ0n) is 16.1. The average molecular weight is 405 g/mol. The van der Waals surface area contributed by atoms with Crippen LogP contribution in [0.4, 0.5) is 4.39 Å². The van der Waals surface area contributed by atoms with Crippen molar-refractivity contribution < 1.29 is 17.6 Å². The van der Waals surface area contributed by atoms with Gasteiger partial charge in [0.2, 0.25) is 10.0 Å². The molecule has 0 aliphatic carbocycles. The number of hydrogen-bond donors (Lipinski definition) is 1. The first-order valence-corrected chi connectivity index (χ1v) is 10.9. The predicted octanol–water partition coefficient (Wildman–Crippen LogP) is 3.27. The zero-order chi connectivity index (χ0) is 20.3. The number of sulfonamides is 1. The van der Waals surface area contributed by atoms with Crippen LogP contribution in [0.1, 0.15) is 34.3 Å². The molecule has 7 heteroatoms. The second-order valence-electron chi connectivity index (χ2n) is 7.34. The summed E-state index contributed by atoms with van der Waals surface area (Å²) in [4.78, 5) is 14.4. The van der Waals surface area contributed by atoms with Crippen LogP contribution in [0.3, 0.4) is 0 Å². The Morgan fingerprint density at radius 2 is 1.82 bits per heavy atom. The minimum Gasteiger partial charge on any atom is -0.339 e. The minimum atomic E-state index is -3.57. The number of carbonyl (C=O) groups excluding carboxylic acids is 1. The Morgan fingerprint density at radius 1 is 1.14 bits per heavy atom. The van der Waals surface area contributed by atoms with Gasteiger partial charge in [0, 0.05) is 19.6 Å². The van der Waals surface area contributed by atoms with Crippen molar-refractivity contribution in [1.82, 2.24) is 9.62 Å². The Kier molecular flexibility index (Phi) is 6.15. The van der Waals surface area contributed by atoms with Gasteiger partial charge in [0.1, 0.15) is 5.82 Å². The molecule has 2 aromatic carbocycles. The molecule has 1 heterocycles. The van der Waals surface area contributed by atoms with Gasteiger partial charge in [0.05, 0.1) is 10.5 Å². The molecular weight excluding hydrogens is 379 g/mol. The molecule has 1 fully saturated rings. The van der Waals surface area contributed by atoms with Crippen LogP contribution in [-0.2, 0) is 10.0 Å². The third-order valence-corrected chi connectivity index (χ3v) is 6.77. The van der Waals surface area contributed by atoms with Crippen LogP contribution in [0.2, 0.25) is 0 Å². The van der Waals surface area contributed by atoms with E-state index in [-0.39, 0.29) is 17.4 Å². The fourth-order valence-electron chi connectivity index (χ4n) is 3.45. The van der Waals surface area contributed by atoms with E-state index in [0.717, 1.165) is 5.56 Å². The maximum atomic E-state index is 13.8. The van der Waals surface area contributed by atoms with E-state index in [4.69, 9.17) is 0 Å². The van der Waals surface area contributed by atoms with Gasteiger partial charge < -0.3 is 4.90 Å². The Morgan fingerprint density at radius 3 is 2.50 bits per heavy atom. The summed E-state index contributed by atoms with van der Waals surface area (Å²) in [6, 6.07) is 11.3. The lowest BCUT2D eigenvalue weighted by molar-refractivity contribution is 0.0687. The molecule has 0 unspecified atom stereocenters. The summed E-state index contributed by atoms with van der Waals surface area (Å²) in [7, 11) is -3.57. The lowest BCUT2D eigenvalue weighted by Crippen LogP contribution is -2.41. The number of piperidine rings is 1. The molecule has 1 saturated heterocycles. The van der Waals surface area contributed by atoms with E-state index in [9.17, 15) is 17.6 Å². The zero-order valence-corrected chi connectivity index (χ0v) is 16.9. The van der Waals surface area contributed by atoms with Gasteiger partial charge in [-0.25, -0.2) is 17.5 Å². The summed E-state index contributed by atoms with van der Waals surface area (Å²) in [6.07, 6.45) is 1.35. The lowest BCUT2D eigenvalue weighted by Gasteiger charge is -2.32. The highest BCUT2D eigenvalue weighted by Crippen LogP contribution is 2.21. The van der Waals surface area contributed by atoms with Gasteiger partial charge in [-0.3, -0.25) is 4.79 Å². The number of likely N-dealkylation sites (tertiary alicyclic amines) is 1. The molecule has 3 rings (SSSR count). The third-order valence-electron chi connectivity index (χ3n) is 5.20. The molecule has 0 radical (unpaired) electrons. The predicted molar refractivity (Wildman–Crippen MR) is 106 cm³/mol. The number of aryl methyl sites for hydroxylation is 2. The number of nitrogens with one attached hydrogen (secondary N) is 1. The van der Waals surface area contributed by atoms with E-state index in [2.05, 4.69) is 4.72 Å². The largest absolute Gasteiger partial charge is 0.339 e. The first-order valence-electron chi connectivity index (χ1n) is 9.38. The quantitative estimate of drug-likeness (QED) is 0.832. The van der Waals surface area contributed by atoms with Crippen molar-refractivity contribution in [3.05, 3.63) is 65.0 Å². The Bertz CT molecular complexity index is 967. The minimum absolute atomic E-state index is 0.0802. The molecule has 1 aliphatic rings. The molecule has 0 saturated carbocycles. The molecule has 150 valence electrons. The normalized spacial score (nSPS) is 15.6. The summed E-state index contributed by atoms with van der Waals surface area (Å²) in [5.74, 6) is -0.687. The van der Waals surface area contributed by atoms with Gasteiger partial charge in [0.15, 0.2) is 0 Å². The van der Waals surface area contributed by atoms with Gasteiger partial charge in [-0.05, 0) is 61.9 Å². The molecule has 0 aromatic heterocycles. The fourth-order valence-corrected chi connectivity index (χ4v) is 4.89. The number of nitrogens with zero attached hydrogens (tertiary/aromatic N) is 1. The van der Waals surface area contributed by atoms with Crippen molar-refractivity contribution in [2.75, 3.05) is 19.6 Å². The molecule has 1 N–H and O–H groups in total. The number of rotatable bonds is 5. The molecule has 2 aromatic rings. The van der Waals surface area contributed by atoms with Crippen molar-refractivity contribution >= 4 is 15.9 Å². The Hall–Kier alpha value is -2.25. The first kappa shape index (κ1) is 20.5. The molecule has 0 bridgehead atoms. The Labute approximate surface area is 165 Å². The summed E-state index contributed by atoms with van der Waals surface area (Å²) in [6.45, 7) is 4.95. The second kappa shape index (κ2) is 8.41. The van der Waals surface area contributed by atoms with Crippen LogP contribution in [0.15, 0.2) is 47.4 Å². The van der Waals surface area contributed by atoms with Crippen molar-refractivity contribution in [3.8, 4) is 0 Å². The lowest BCUT2D eigenvalue weighted by atomic mass is 9.96. The van der Waals surface area contributed by atoms with Crippen molar-refractivity contribution in [2.45, 2.75) is 31.6 Å². The van der Waals surface area contributed by atoms with E-state index in [0.29, 0.717) is 42.9 Å². The van der Waals surface area contributed by atoms with Crippen LogP contribution in [0.5, 0.6) is 0 Å². The van der Waals surface area contributed by atoms with E-state index in [1.807, 2.05) is 13.0 Å². The highest BCUT2D eigenvalue weighted by Gasteiger charge is 2.26. The molecule has 28 heavy (non-hydrogen) atoms. The standard InChI is InChI=1S/C21H25FN2O3S/c1-15-7-8-16(2)20(13-15)28(26,27)23-14-17-9-11-24(12-10-17)21(25)18-5-3-4-6-19(18)22/h3-8,13,17,23H,9-12,14H2,1-2H3. The van der Waals surface area contributed by atoms with Crippen LogP contribution >= 0.6 is 0 Å².